The van der Waals surface area contributed by atoms with Gasteiger partial charge in [-0.2, -0.15) is 0 Å². The molecule has 1 aromatic rings. The molecule has 3 nitrogen and oxygen atoms in total. The number of ether oxygens (including phenoxy) is 1. The Balaban J connectivity index is 3.12. The Morgan fingerprint density at radius 1 is 1.21 bits per heavy atom. The largest absolute Gasteiger partial charge is 0.494 e. The molecule has 0 radical (unpaired) electrons. The van der Waals surface area contributed by atoms with Gasteiger partial charge in [0.05, 0.1) is 12.8 Å². The van der Waals surface area contributed by atoms with Crippen molar-refractivity contribution in [1.29, 1.82) is 0 Å². The van der Waals surface area contributed by atoms with Gasteiger partial charge in [0.25, 0.3) is 0 Å². The van der Waals surface area contributed by atoms with E-state index in [1.165, 1.54) is 16.7 Å². The summed E-state index contributed by atoms with van der Waals surface area (Å²) in [6.07, 6.45) is 1.08. The van der Waals surface area contributed by atoms with E-state index in [2.05, 4.69) is 48.9 Å². The van der Waals surface area contributed by atoms with Gasteiger partial charge >= 0.3 is 0 Å². The van der Waals surface area contributed by atoms with Crippen molar-refractivity contribution in [2.24, 2.45) is 11.7 Å². The minimum Gasteiger partial charge on any atom is -0.494 e. The van der Waals surface area contributed by atoms with E-state index >= 15 is 0 Å². The van der Waals surface area contributed by atoms with Crippen LogP contribution in [0.4, 0.5) is 5.69 Å². The van der Waals surface area contributed by atoms with Crippen molar-refractivity contribution in [2.45, 2.75) is 34.1 Å². The second-order valence-electron chi connectivity index (χ2n) is 4.99. The molecule has 3 N–H and O–H groups in total. The third-order valence-corrected chi connectivity index (χ3v) is 5.04. The number of nitrogens with two attached hydrogens (primary N) is 1. The Morgan fingerprint density at radius 3 is 2.32 bits per heavy atom. The highest BCUT2D eigenvalue weighted by Gasteiger charge is 2.17. The Bertz CT molecular complexity index is 443. The average molecular weight is 329 g/mol. The second-order valence-corrected chi connectivity index (χ2v) is 5.78. The molecule has 19 heavy (non-hydrogen) atoms. The van der Waals surface area contributed by atoms with Crippen LogP contribution in [0.25, 0.3) is 0 Å². The average Bonchev–Trinajstić information content (AvgIpc) is 2.43. The molecule has 0 bridgehead atoms. The third-order valence-electron chi connectivity index (χ3n) is 3.85. The minimum atomic E-state index is 0.490. The number of hydrogen-bond donors (Lipinski definition) is 2. The number of anilines is 1. The van der Waals surface area contributed by atoms with E-state index in [9.17, 15) is 0 Å². The molecule has 0 aliphatic carbocycles. The molecule has 0 aromatic heterocycles. The van der Waals surface area contributed by atoms with Crippen LogP contribution < -0.4 is 15.8 Å². The lowest BCUT2D eigenvalue weighted by molar-refractivity contribution is 0.412. The summed E-state index contributed by atoms with van der Waals surface area (Å²) in [5, 5.41) is 3.51. The predicted octanol–water partition coefficient (Wildman–Crippen LogP) is 3.78. The van der Waals surface area contributed by atoms with Gasteiger partial charge in [0, 0.05) is 11.0 Å². The van der Waals surface area contributed by atoms with Crippen LogP contribution in [0.1, 0.15) is 30.0 Å². The molecule has 0 heterocycles. The molecule has 0 amide bonds. The van der Waals surface area contributed by atoms with Crippen molar-refractivity contribution in [2.75, 3.05) is 25.5 Å². The topological polar surface area (TPSA) is 47.3 Å². The van der Waals surface area contributed by atoms with Crippen molar-refractivity contribution < 1.29 is 4.74 Å². The molecule has 0 spiro atoms. The summed E-state index contributed by atoms with van der Waals surface area (Å²) in [6, 6.07) is 0. The van der Waals surface area contributed by atoms with Crippen LogP contribution in [0.5, 0.6) is 5.75 Å². The molecule has 1 unspecified atom stereocenters. The Labute approximate surface area is 125 Å². The molecule has 4 heteroatoms. The van der Waals surface area contributed by atoms with Gasteiger partial charge in [-0.15, -0.1) is 0 Å². The van der Waals surface area contributed by atoms with E-state index < -0.39 is 0 Å². The predicted molar refractivity (Wildman–Crippen MR) is 86.2 cm³/mol. The van der Waals surface area contributed by atoms with Gasteiger partial charge in [0.1, 0.15) is 5.75 Å². The summed E-state index contributed by atoms with van der Waals surface area (Å²) < 4.78 is 6.73. The Morgan fingerprint density at radius 2 is 1.84 bits per heavy atom. The first-order valence-electron chi connectivity index (χ1n) is 6.75. The first kappa shape index (κ1) is 16.3. The van der Waals surface area contributed by atoms with Crippen LogP contribution in [0.2, 0.25) is 0 Å². The maximum Gasteiger partial charge on any atom is 0.145 e. The maximum atomic E-state index is 5.76. The lowest BCUT2D eigenvalue weighted by atomic mass is 10.0. The molecule has 0 saturated carbocycles. The zero-order valence-corrected chi connectivity index (χ0v) is 14.1. The minimum absolute atomic E-state index is 0.490. The summed E-state index contributed by atoms with van der Waals surface area (Å²) in [5.41, 5.74) is 10.4. The van der Waals surface area contributed by atoms with E-state index in [0.717, 1.165) is 28.9 Å². The van der Waals surface area contributed by atoms with Crippen LogP contribution in [0.3, 0.4) is 0 Å². The number of hydrogen-bond acceptors (Lipinski definition) is 3. The summed E-state index contributed by atoms with van der Waals surface area (Å²) >= 11 is 3.67. The fourth-order valence-electron chi connectivity index (χ4n) is 2.19. The summed E-state index contributed by atoms with van der Waals surface area (Å²) in [7, 11) is 1.72. The van der Waals surface area contributed by atoms with Crippen LogP contribution in [0.15, 0.2) is 4.47 Å². The van der Waals surface area contributed by atoms with Crippen LogP contribution in [-0.2, 0) is 0 Å². The lowest BCUT2D eigenvalue weighted by Gasteiger charge is -2.22. The fourth-order valence-corrected chi connectivity index (χ4v) is 2.69. The van der Waals surface area contributed by atoms with Crippen LogP contribution in [-0.4, -0.2) is 20.2 Å². The molecule has 1 atom stereocenters. The lowest BCUT2D eigenvalue weighted by Crippen LogP contribution is -2.22. The van der Waals surface area contributed by atoms with Gasteiger partial charge in [-0.1, -0.05) is 29.3 Å². The van der Waals surface area contributed by atoms with Crippen molar-refractivity contribution in [3.63, 3.8) is 0 Å². The standard InChI is InChI=1S/C15H25BrN2O/c1-6-12(7-17)8-18-14-11(4)13(16)9(2)10(3)15(14)19-5/h12,18H,6-8,17H2,1-5H3. The molecule has 1 aromatic carbocycles. The van der Waals surface area contributed by atoms with E-state index in [1.54, 1.807) is 7.11 Å². The molecule has 0 aliphatic heterocycles. The van der Waals surface area contributed by atoms with Gasteiger partial charge in [-0.05, 0) is 49.9 Å². The molecule has 108 valence electrons. The van der Waals surface area contributed by atoms with Crippen molar-refractivity contribution in [3.05, 3.63) is 21.2 Å². The van der Waals surface area contributed by atoms with Gasteiger partial charge in [-0.3, -0.25) is 0 Å². The smallest absolute Gasteiger partial charge is 0.145 e. The van der Waals surface area contributed by atoms with Crippen LogP contribution in [0, 0.1) is 26.7 Å². The van der Waals surface area contributed by atoms with Crippen molar-refractivity contribution in [1.82, 2.24) is 0 Å². The fraction of sp³-hybridized carbons (Fsp3) is 0.600. The SMILES string of the molecule is CCC(CN)CNc1c(C)c(Br)c(C)c(C)c1OC. The second kappa shape index (κ2) is 7.15. The van der Waals surface area contributed by atoms with E-state index in [1.807, 2.05) is 0 Å². The van der Waals surface area contributed by atoms with Crippen molar-refractivity contribution in [3.8, 4) is 5.75 Å². The first-order valence-corrected chi connectivity index (χ1v) is 7.54. The number of rotatable bonds is 6. The zero-order chi connectivity index (χ0) is 14.6. The van der Waals surface area contributed by atoms with E-state index in [-0.39, 0.29) is 0 Å². The van der Waals surface area contributed by atoms with E-state index in [0.29, 0.717) is 12.5 Å². The molecule has 1 rings (SSSR count). The van der Waals surface area contributed by atoms with Gasteiger partial charge in [0.2, 0.25) is 0 Å². The summed E-state index contributed by atoms with van der Waals surface area (Å²) in [6.45, 7) is 10.0. The van der Waals surface area contributed by atoms with Crippen molar-refractivity contribution >= 4 is 21.6 Å². The van der Waals surface area contributed by atoms with E-state index in [4.69, 9.17) is 10.5 Å². The molecular formula is C15H25BrN2O. The van der Waals surface area contributed by atoms with Gasteiger partial charge in [0.15, 0.2) is 0 Å². The summed E-state index contributed by atoms with van der Waals surface area (Å²) in [5.74, 6) is 1.43. The molecule has 0 saturated heterocycles. The summed E-state index contributed by atoms with van der Waals surface area (Å²) in [4.78, 5) is 0. The molecule has 0 fully saturated rings. The van der Waals surface area contributed by atoms with Gasteiger partial charge < -0.3 is 15.8 Å². The molecular weight excluding hydrogens is 304 g/mol. The zero-order valence-electron chi connectivity index (χ0n) is 12.6. The third kappa shape index (κ3) is 3.42. The number of nitrogens with one attached hydrogen (secondary N) is 1. The Hall–Kier alpha value is -0.740. The molecule has 0 aliphatic rings. The normalized spacial score (nSPS) is 12.4. The van der Waals surface area contributed by atoms with Crippen LogP contribution >= 0.6 is 15.9 Å². The number of benzene rings is 1. The highest BCUT2D eigenvalue weighted by atomic mass is 79.9. The monoisotopic (exact) mass is 328 g/mol. The quantitative estimate of drug-likeness (QED) is 0.835. The highest BCUT2D eigenvalue weighted by Crippen LogP contribution is 2.39. The Kier molecular flexibility index (Phi) is 6.14. The maximum absolute atomic E-state index is 5.76. The van der Waals surface area contributed by atoms with Gasteiger partial charge in [-0.25, -0.2) is 0 Å². The number of halogens is 1. The number of methoxy groups -OCH3 is 1. The first-order chi connectivity index (χ1) is 8.97. The highest BCUT2D eigenvalue weighted by molar-refractivity contribution is 9.10.